The number of hydrogen-bond donors (Lipinski definition) is 0. The molecule has 5 rings (SSSR count). The van der Waals surface area contributed by atoms with Gasteiger partial charge in [-0.05, 0) is 78.7 Å². The maximum Gasteiger partial charge on any atom is 0.143 e. The van der Waals surface area contributed by atoms with E-state index in [0.29, 0.717) is 0 Å². The first kappa shape index (κ1) is 22.1. The summed E-state index contributed by atoms with van der Waals surface area (Å²) in [6.45, 7) is 2.37. The standard InChI is InChI=1S/C31H31NO2/c1-33-27-18-13-26(14-19-27)30-20-15-25-9-3-4-10-29(25)31(30)34-28-16-11-24(12-17-28)8-7-23-32-21-5-2-6-22-32/h3-4,7,9-20,23H,2,5-6,8,21-22H2,1H3. The lowest BCUT2D eigenvalue weighted by Crippen LogP contribution is -2.24. The summed E-state index contributed by atoms with van der Waals surface area (Å²) in [5, 5.41) is 2.26. The average Bonchev–Trinajstić information content (AvgIpc) is 2.90. The molecule has 3 nitrogen and oxygen atoms in total. The summed E-state index contributed by atoms with van der Waals surface area (Å²) in [6, 6.07) is 29.3. The van der Waals surface area contributed by atoms with Crippen LogP contribution in [0.15, 0.2) is 97.2 Å². The Bertz CT molecular complexity index is 1250. The van der Waals surface area contributed by atoms with Gasteiger partial charge in [0.2, 0.25) is 0 Å². The maximum atomic E-state index is 6.53. The Balaban J connectivity index is 1.38. The van der Waals surface area contributed by atoms with Gasteiger partial charge in [-0.3, -0.25) is 0 Å². The normalized spacial score (nSPS) is 14.0. The SMILES string of the molecule is COc1ccc(-c2ccc3ccccc3c2Oc2ccc(CC=CN3CCCCC3)cc2)cc1. The third kappa shape index (κ3) is 5.09. The van der Waals surface area contributed by atoms with Crippen molar-refractivity contribution >= 4 is 10.8 Å². The molecule has 1 aliphatic heterocycles. The van der Waals surface area contributed by atoms with Gasteiger partial charge in [0.05, 0.1) is 7.11 Å². The van der Waals surface area contributed by atoms with Gasteiger partial charge in [0.25, 0.3) is 0 Å². The average molecular weight is 450 g/mol. The van der Waals surface area contributed by atoms with Crippen LogP contribution in [0.25, 0.3) is 21.9 Å². The molecule has 0 unspecified atom stereocenters. The Morgan fingerprint density at radius 3 is 2.26 bits per heavy atom. The van der Waals surface area contributed by atoms with Crippen molar-refractivity contribution in [3.8, 4) is 28.4 Å². The summed E-state index contributed by atoms with van der Waals surface area (Å²) >= 11 is 0. The molecule has 4 aromatic carbocycles. The summed E-state index contributed by atoms with van der Waals surface area (Å²) in [5.74, 6) is 2.56. The summed E-state index contributed by atoms with van der Waals surface area (Å²) in [6.07, 6.45) is 9.45. The first-order valence-corrected chi connectivity index (χ1v) is 12.1. The minimum absolute atomic E-state index is 0.842. The summed E-state index contributed by atoms with van der Waals surface area (Å²) in [7, 11) is 1.69. The minimum atomic E-state index is 0.842. The lowest BCUT2D eigenvalue weighted by atomic mass is 9.99. The Hall–Kier alpha value is -3.72. The van der Waals surface area contributed by atoms with Gasteiger partial charge in [-0.2, -0.15) is 0 Å². The zero-order valence-electron chi connectivity index (χ0n) is 19.7. The van der Waals surface area contributed by atoms with Crippen LogP contribution in [-0.2, 0) is 6.42 Å². The van der Waals surface area contributed by atoms with Crippen LogP contribution in [0.2, 0.25) is 0 Å². The molecule has 0 amide bonds. The van der Waals surface area contributed by atoms with Crippen molar-refractivity contribution in [2.45, 2.75) is 25.7 Å². The highest BCUT2D eigenvalue weighted by Gasteiger charge is 2.13. The number of piperidine rings is 1. The minimum Gasteiger partial charge on any atom is -0.497 e. The van der Waals surface area contributed by atoms with Crippen LogP contribution < -0.4 is 9.47 Å². The van der Waals surface area contributed by atoms with Crippen molar-refractivity contribution in [2.24, 2.45) is 0 Å². The molecule has 0 atom stereocenters. The fourth-order valence-electron chi connectivity index (χ4n) is 4.57. The maximum absolute atomic E-state index is 6.53. The van der Waals surface area contributed by atoms with Crippen molar-refractivity contribution in [1.82, 2.24) is 4.90 Å². The van der Waals surface area contributed by atoms with Gasteiger partial charge in [0, 0.05) is 24.0 Å². The van der Waals surface area contributed by atoms with E-state index in [-0.39, 0.29) is 0 Å². The molecule has 1 heterocycles. The molecule has 0 radical (unpaired) electrons. The molecule has 0 bridgehead atoms. The molecule has 0 saturated carbocycles. The first-order valence-electron chi connectivity index (χ1n) is 12.1. The van der Waals surface area contributed by atoms with E-state index in [2.05, 4.69) is 90.0 Å². The van der Waals surface area contributed by atoms with Crippen LogP contribution in [0.4, 0.5) is 0 Å². The molecular formula is C31H31NO2. The second-order valence-corrected chi connectivity index (χ2v) is 8.82. The van der Waals surface area contributed by atoms with Crippen LogP contribution >= 0.6 is 0 Å². The fourth-order valence-corrected chi connectivity index (χ4v) is 4.57. The van der Waals surface area contributed by atoms with Gasteiger partial charge in [-0.15, -0.1) is 0 Å². The van der Waals surface area contributed by atoms with Crippen LogP contribution in [0.1, 0.15) is 24.8 Å². The Morgan fingerprint density at radius 2 is 1.50 bits per heavy atom. The van der Waals surface area contributed by atoms with Gasteiger partial charge >= 0.3 is 0 Å². The van der Waals surface area contributed by atoms with Crippen molar-refractivity contribution in [3.63, 3.8) is 0 Å². The molecule has 1 saturated heterocycles. The highest BCUT2D eigenvalue weighted by molar-refractivity contribution is 5.95. The Morgan fingerprint density at radius 1 is 0.765 bits per heavy atom. The third-order valence-corrected chi connectivity index (χ3v) is 6.48. The molecular weight excluding hydrogens is 418 g/mol. The Kier molecular flexibility index (Phi) is 6.81. The highest BCUT2D eigenvalue weighted by Crippen LogP contribution is 2.40. The number of methoxy groups -OCH3 is 1. The van der Waals surface area contributed by atoms with E-state index in [9.17, 15) is 0 Å². The van der Waals surface area contributed by atoms with Gasteiger partial charge < -0.3 is 14.4 Å². The molecule has 0 aliphatic carbocycles. The van der Waals surface area contributed by atoms with Crippen LogP contribution in [0.3, 0.4) is 0 Å². The van der Waals surface area contributed by atoms with Crippen molar-refractivity contribution in [3.05, 3.63) is 103 Å². The number of ether oxygens (including phenoxy) is 2. The van der Waals surface area contributed by atoms with E-state index in [1.807, 2.05) is 12.1 Å². The van der Waals surface area contributed by atoms with Crippen LogP contribution in [0, 0.1) is 0 Å². The molecule has 3 heteroatoms. The molecule has 34 heavy (non-hydrogen) atoms. The van der Waals surface area contributed by atoms with E-state index in [0.717, 1.165) is 45.6 Å². The fraction of sp³-hybridized carbons (Fsp3) is 0.226. The van der Waals surface area contributed by atoms with E-state index >= 15 is 0 Å². The number of likely N-dealkylation sites (tertiary alicyclic amines) is 1. The molecule has 0 aromatic heterocycles. The molecule has 1 aliphatic rings. The molecule has 0 N–H and O–H groups in total. The Labute approximate surface area is 202 Å². The van der Waals surface area contributed by atoms with E-state index in [1.54, 1.807) is 7.11 Å². The second kappa shape index (κ2) is 10.5. The van der Waals surface area contributed by atoms with Crippen molar-refractivity contribution in [1.29, 1.82) is 0 Å². The van der Waals surface area contributed by atoms with Gasteiger partial charge in [-0.25, -0.2) is 0 Å². The monoisotopic (exact) mass is 449 g/mol. The zero-order valence-corrected chi connectivity index (χ0v) is 19.7. The number of benzene rings is 4. The number of hydrogen-bond acceptors (Lipinski definition) is 3. The van der Waals surface area contributed by atoms with Crippen molar-refractivity contribution < 1.29 is 9.47 Å². The molecule has 1 fully saturated rings. The second-order valence-electron chi connectivity index (χ2n) is 8.82. The predicted molar refractivity (Wildman–Crippen MR) is 141 cm³/mol. The molecule has 0 spiro atoms. The largest absolute Gasteiger partial charge is 0.497 e. The number of rotatable bonds is 7. The topological polar surface area (TPSA) is 21.7 Å². The third-order valence-electron chi connectivity index (χ3n) is 6.48. The van der Waals surface area contributed by atoms with E-state index < -0.39 is 0 Å². The molecule has 172 valence electrons. The van der Waals surface area contributed by atoms with E-state index in [1.165, 1.54) is 37.9 Å². The number of nitrogens with zero attached hydrogens (tertiary/aromatic N) is 1. The van der Waals surface area contributed by atoms with E-state index in [4.69, 9.17) is 9.47 Å². The predicted octanol–water partition coefficient (Wildman–Crippen LogP) is 7.85. The van der Waals surface area contributed by atoms with Gasteiger partial charge in [0.1, 0.15) is 17.2 Å². The van der Waals surface area contributed by atoms with Gasteiger partial charge in [-0.1, -0.05) is 60.7 Å². The molecule has 4 aromatic rings. The zero-order chi connectivity index (χ0) is 23.2. The number of allylic oxidation sites excluding steroid dienone is 1. The first-order chi connectivity index (χ1) is 16.8. The highest BCUT2D eigenvalue weighted by atomic mass is 16.5. The quantitative estimate of drug-likeness (QED) is 0.287. The summed E-state index contributed by atoms with van der Waals surface area (Å²) < 4.78 is 11.9. The van der Waals surface area contributed by atoms with Crippen LogP contribution in [-0.4, -0.2) is 25.1 Å². The number of fused-ring (bicyclic) bond motifs is 1. The lowest BCUT2D eigenvalue weighted by molar-refractivity contribution is 0.309. The lowest BCUT2D eigenvalue weighted by Gasteiger charge is -2.24. The van der Waals surface area contributed by atoms with Crippen molar-refractivity contribution in [2.75, 3.05) is 20.2 Å². The van der Waals surface area contributed by atoms with Gasteiger partial charge in [0.15, 0.2) is 0 Å². The smallest absolute Gasteiger partial charge is 0.143 e. The van der Waals surface area contributed by atoms with Crippen LogP contribution in [0.5, 0.6) is 17.2 Å². The summed E-state index contributed by atoms with van der Waals surface area (Å²) in [5.41, 5.74) is 3.45. The summed E-state index contributed by atoms with van der Waals surface area (Å²) in [4.78, 5) is 2.43.